The van der Waals surface area contributed by atoms with E-state index in [1.54, 1.807) is 18.2 Å². The molecule has 0 spiro atoms. The number of methoxy groups -OCH3 is 1. The van der Waals surface area contributed by atoms with Gasteiger partial charge in [-0.3, -0.25) is 9.69 Å². The van der Waals surface area contributed by atoms with Crippen molar-refractivity contribution in [3.63, 3.8) is 0 Å². The van der Waals surface area contributed by atoms with Gasteiger partial charge >= 0.3 is 0 Å². The number of benzene rings is 2. The quantitative estimate of drug-likeness (QED) is 0.815. The molecule has 0 heterocycles. The van der Waals surface area contributed by atoms with Crippen LogP contribution in [-0.4, -0.2) is 31.0 Å². The Hall–Kier alpha value is -2.11. The van der Waals surface area contributed by atoms with Gasteiger partial charge in [-0.25, -0.2) is 4.39 Å². The summed E-state index contributed by atoms with van der Waals surface area (Å²) in [5.74, 6) is -0.322. The molecule has 6 heteroatoms. The van der Waals surface area contributed by atoms with Crippen LogP contribution in [0.4, 0.5) is 4.39 Å². The molecule has 0 aliphatic heterocycles. The van der Waals surface area contributed by atoms with E-state index in [-0.39, 0.29) is 17.7 Å². The summed E-state index contributed by atoms with van der Waals surface area (Å²) >= 11 is 6.09. The molecule has 1 N–H and O–H groups in total. The molecule has 0 aromatic heterocycles. The van der Waals surface area contributed by atoms with Crippen molar-refractivity contribution in [3.8, 4) is 5.75 Å². The van der Waals surface area contributed by atoms with Crippen LogP contribution in [-0.2, 0) is 17.9 Å². The van der Waals surface area contributed by atoms with Gasteiger partial charge in [-0.15, -0.1) is 0 Å². The molecule has 0 saturated carbocycles. The molecule has 25 heavy (non-hydrogen) atoms. The van der Waals surface area contributed by atoms with Gasteiger partial charge in [0.05, 0.1) is 13.2 Å². The molecular weight excluding hydrogens is 343 g/mol. The van der Waals surface area contributed by atoms with Crippen molar-refractivity contribution in [1.29, 1.82) is 0 Å². The lowest BCUT2D eigenvalue weighted by Crippen LogP contribution is -2.42. The SMILES string of the molecule is COc1ccc(CN(C)C(C)C(=O)NCc2ccccc2Cl)cc1F. The summed E-state index contributed by atoms with van der Waals surface area (Å²) in [5.41, 5.74) is 1.64. The first-order chi connectivity index (χ1) is 11.9. The van der Waals surface area contributed by atoms with E-state index in [0.29, 0.717) is 18.1 Å². The van der Waals surface area contributed by atoms with Crippen molar-refractivity contribution in [3.05, 3.63) is 64.4 Å². The van der Waals surface area contributed by atoms with Crippen LogP contribution in [0.25, 0.3) is 0 Å². The van der Waals surface area contributed by atoms with Crippen molar-refractivity contribution >= 4 is 17.5 Å². The third-order valence-corrected chi connectivity index (χ3v) is 4.47. The molecule has 0 saturated heterocycles. The molecule has 2 aromatic carbocycles. The number of ether oxygens (including phenoxy) is 1. The van der Waals surface area contributed by atoms with E-state index < -0.39 is 5.82 Å². The fourth-order valence-corrected chi connectivity index (χ4v) is 2.61. The molecule has 0 fully saturated rings. The minimum absolute atomic E-state index is 0.114. The van der Waals surface area contributed by atoms with Crippen molar-refractivity contribution < 1.29 is 13.9 Å². The zero-order chi connectivity index (χ0) is 18.4. The van der Waals surface area contributed by atoms with Gasteiger partial charge in [-0.2, -0.15) is 0 Å². The minimum atomic E-state index is -0.413. The van der Waals surface area contributed by atoms with Crippen LogP contribution in [0.5, 0.6) is 5.75 Å². The van der Waals surface area contributed by atoms with Crippen LogP contribution in [0.2, 0.25) is 5.02 Å². The van der Waals surface area contributed by atoms with Crippen LogP contribution in [0.3, 0.4) is 0 Å². The Kier molecular flexibility index (Phi) is 6.79. The standard InChI is InChI=1S/C19H22ClFN2O2/c1-13(19(24)22-11-15-6-4-5-7-16(15)20)23(2)12-14-8-9-18(25-3)17(21)10-14/h4-10,13H,11-12H2,1-3H3,(H,22,24). The lowest BCUT2D eigenvalue weighted by molar-refractivity contribution is -0.125. The van der Waals surface area contributed by atoms with Gasteiger partial charge in [0.2, 0.25) is 5.91 Å². The summed E-state index contributed by atoms with van der Waals surface area (Å²) < 4.78 is 18.7. The molecule has 0 bridgehead atoms. The zero-order valence-electron chi connectivity index (χ0n) is 14.6. The Bertz CT molecular complexity index is 739. The highest BCUT2D eigenvalue weighted by Crippen LogP contribution is 2.19. The second-order valence-electron chi connectivity index (χ2n) is 5.87. The van der Waals surface area contributed by atoms with E-state index >= 15 is 0 Å². The van der Waals surface area contributed by atoms with Crippen LogP contribution in [0.15, 0.2) is 42.5 Å². The van der Waals surface area contributed by atoms with E-state index in [4.69, 9.17) is 16.3 Å². The van der Waals surface area contributed by atoms with Crippen LogP contribution in [0.1, 0.15) is 18.1 Å². The molecule has 1 atom stereocenters. The Morgan fingerprint density at radius 3 is 2.68 bits per heavy atom. The lowest BCUT2D eigenvalue weighted by Gasteiger charge is -2.24. The largest absolute Gasteiger partial charge is 0.494 e. The number of nitrogens with one attached hydrogen (secondary N) is 1. The molecule has 1 unspecified atom stereocenters. The molecule has 0 aliphatic carbocycles. The van der Waals surface area contributed by atoms with Gasteiger partial charge in [-0.1, -0.05) is 35.9 Å². The normalized spacial score (nSPS) is 12.1. The number of hydrogen-bond donors (Lipinski definition) is 1. The Balaban J connectivity index is 1.92. The average molecular weight is 365 g/mol. The van der Waals surface area contributed by atoms with E-state index in [1.165, 1.54) is 13.2 Å². The lowest BCUT2D eigenvalue weighted by atomic mass is 10.1. The van der Waals surface area contributed by atoms with Crippen LogP contribution < -0.4 is 10.1 Å². The number of carbonyl (C=O) groups excluding carboxylic acids is 1. The first-order valence-corrected chi connectivity index (χ1v) is 8.34. The molecule has 2 rings (SSSR count). The predicted molar refractivity (Wildman–Crippen MR) is 97.2 cm³/mol. The monoisotopic (exact) mass is 364 g/mol. The van der Waals surface area contributed by atoms with Crippen LogP contribution in [0, 0.1) is 5.82 Å². The first-order valence-electron chi connectivity index (χ1n) is 7.96. The Labute approximate surface area is 152 Å². The third kappa shape index (κ3) is 5.18. The number of amides is 1. The van der Waals surface area contributed by atoms with Crippen molar-refractivity contribution in [2.24, 2.45) is 0 Å². The van der Waals surface area contributed by atoms with Gasteiger partial charge in [0.1, 0.15) is 0 Å². The topological polar surface area (TPSA) is 41.6 Å². The molecule has 0 radical (unpaired) electrons. The fourth-order valence-electron chi connectivity index (χ4n) is 2.41. The van der Waals surface area contributed by atoms with Crippen molar-refractivity contribution in [2.75, 3.05) is 14.2 Å². The van der Waals surface area contributed by atoms with E-state index in [1.807, 2.05) is 37.1 Å². The van der Waals surface area contributed by atoms with Gasteiger partial charge in [0.15, 0.2) is 11.6 Å². The number of rotatable bonds is 7. The summed E-state index contributed by atoms with van der Waals surface area (Å²) in [4.78, 5) is 14.2. The number of likely N-dealkylation sites (N-methyl/N-ethyl adjacent to an activating group) is 1. The summed E-state index contributed by atoms with van der Waals surface area (Å²) in [6.07, 6.45) is 0. The molecular formula is C19H22ClFN2O2. The molecule has 0 aliphatic rings. The van der Waals surface area contributed by atoms with Crippen LogP contribution >= 0.6 is 11.6 Å². The van der Waals surface area contributed by atoms with E-state index in [9.17, 15) is 9.18 Å². The summed E-state index contributed by atoms with van der Waals surface area (Å²) in [6, 6.07) is 11.8. The average Bonchev–Trinajstić information content (AvgIpc) is 2.60. The summed E-state index contributed by atoms with van der Waals surface area (Å²) in [6.45, 7) is 2.62. The number of carbonyl (C=O) groups is 1. The summed E-state index contributed by atoms with van der Waals surface area (Å²) in [7, 11) is 3.25. The van der Waals surface area contributed by atoms with Gasteiger partial charge in [-0.05, 0) is 43.3 Å². The second kappa shape index (κ2) is 8.83. The van der Waals surface area contributed by atoms with E-state index in [0.717, 1.165) is 11.1 Å². The Morgan fingerprint density at radius 1 is 1.32 bits per heavy atom. The minimum Gasteiger partial charge on any atom is -0.494 e. The fraction of sp³-hybridized carbons (Fsp3) is 0.316. The number of hydrogen-bond acceptors (Lipinski definition) is 3. The van der Waals surface area contributed by atoms with Crippen molar-refractivity contribution in [2.45, 2.75) is 26.1 Å². The van der Waals surface area contributed by atoms with Gasteiger partial charge in [0, 0.05) is 18.1 Å². The first kappa shape index (κ1) is 19.2. The zero-order valence-corrected chi connectivity index (χ0v) is 15.3. The number of nitrogens with zero attached hydrogens (tertiary/aromatic N) is 1. The highest BCUT2D eigenvalue weighted by Gasteiger charge is 2.18. The highest BCUT2D eigenvalue weighted by atomic mass is 35.5. The maximum Gasteiger partial charge on any atom is 0.237 e. The molecule has 2 aromatic rings. The number of halogens is 2. The summed E-state index contributed by atoms with van der Waals surface area (Å²) in [5, 5.41) is 3.50. The van der Waals surface area contributed by atoms with Gasteiger partial charge < -0.3 is 10.1 Å². The second-order valence-corrected chi connectivity index (χ2v) is 6.28. The van der Waals surface area contributed by atoms with Gasteiger partial charge in [0.25, 0.3) is 0 Å². The van der Waals surface area contributed by atoms with E-state index in [2.05, 4.69) is 5.32 Å². The maximum absolute atomic E-state index is 13.8. The maximum atomic E-state index is 13.8. The predicted octanol–water partition coefficient (Wildman–Crippen LogP) is 3.62. The highest BCUT2D eigenvalue weighted by molar-refractivity contribution is 6.31. The molecule has 4 nitrogen and oxygen atoms in total. The van der Waals surface area contributed by atoms with Crippen molar-refractivity contribution in [1.82, 2.24) is 10.2 Å². The molecule has 134 valence electrons. The molecule has 1 amide bonds. The third-order valence-electron chi connectivity index (χ3n) is 4.10. The Morgan fingerprint density at radius 2 is 2.04 bits per heavy atom. The smallest absolute Gasteiger partial charge is 0.237 e.